The highest BCUT2D eigenvalue weighted by Gasteiger charge is 2.06. The number of carbonyl (C=O) groups excluding carboxylic acids is 1. The second-order valence-corrected chi connectivity index (χ2v) is 5.48. The minimum Gasteiger partial charge on any atom is -0.484 e. The molecule has 7 heteroatoms. The maximum Gasteiger partial charge on any atom is 0.263 e. The minimum absolute atomic E-state index is 0.0984. The predicted octanol–water partition coefficient (Wildman–Crippen LogP) is 3.00. The first-order valence-electron chi connectivity index (χ1n) is 7.29. The average molecular weight is 343 g/mol. The number of pyridine rings is 1. The SMILES string of the molecule is O=C(COc1ccc(Cl)cc1)Nc1ccn(Cc2ccncc2)n1. The molecular formula is C17H15ClN4O2. The van der Waals surface area contributed by atoms with Crippen molar-refractivity contribution in [3.8, 4) is 5.75 Å². The Morgan fingerprint density at radius 3 is 2.62 bits per heavy atom. The third kappa shape index (κ3) is 4.57. The van der Waals surface area contributed by atoms with Gasteiger partial charge in [-0.05, 0) is 42.0 Å². The van der Waals surface area contributed by atoms with E-state index in [9.17, 15) is 4.79 Å². The summed E-state index contributed by atoms with van der Waals surface area (Å²) >= 11 is 5.79. The number of nitrogens with one attached hydrogen (secondary N) is 1. The molecule has 0 saturated heterocycles. The third-order valence-corrected chi connectivity index (χ3v) is 3.44. The molecule has 0 atom stereocenters. The number of carbonyl (C=O) groups is 1. The highest BCUT2D eigenvalue weighted by atomic mass is 35.5. The number of anilines is 1. The molecule has 2 heterocycles. The molecule has 0 unspecified atom stereocenters. The summed E-state index contributed by atoms with van der Waals surface area (Å²) in [6.07, 6.45) is 5.27. The smallest absolute Gasteiger partial charge is 0.263 e. The van der Waals surface area contributed by atoms with E-state index in [4.69, 9.17) is 16.3 Å². The van der Waals surface area contributed by atoms with Crippen LogP contribution < -0.4 is 10.1 Å². The van der Waals surface area contributed by atoms with Crippen molar-refractivity contribution in [2.75, 3.05) is 11.9 Å². The van der Waals surface area contributed by atoms with Crippen molar-refractivity contribution >= 4 is 23.3 Å². The number of ether oxygens (including phenoxy) is 1. The van der Waals surface area contributed by atoms with Gasteiger partial charge in [0.2, 0.25) is 0 Å². The molecule has 2 aromatic heterocycles. The Balaban J connectivity index is 1.50. The summed E-state index contributed by atoms with van der Waals surface area (Å²) in [4.78, 5) is 15.9. The van der Waals surface area contributed by atoms with Gasteiger partial charge < -0.3 is 10.1 Å². The van der Waals surface area contributed by atoms with Gasteiger partial charge in [-0.25, -0.2) is 0 Å². The highest BCUT2D eigenvalue weighted by Crippen LogP contribution is 2.15. The van der Waals surface area contributed by atoms with E-state index in [-0.39, 0.29) is 12.5 Å². The summed E-state index contributed by atoms with van der Waals surface area (Å²) < 4.78 is 7.13. The molecule has 3 rings (SSSR count). The van der Waals surface area contributed by atoms with Crippen molar-refractivity contribution in [2.45, 2.75) is 6.54 Å². The zero-order valence-corrected chi connectivity index (χ0v) is 13.5. The van der Waals surface area contributed by atoms with E-state index >= 15 is 0 Å². The lowest BCUT2D eigenvalue weighted by atomic mass is 10.3. The highest BCUT2D eigenvalue weighted by molar-refractivity contribution is 6.30. The van der Waals surface area contributed by atoms with E-state index < -0.39 is 0 Å². The molecule has 0 aliphatic rings. The van der Waals surface area contributed by atoms with Crippen molar-refractivity contribution in [1.29, 1.82) is 0 Å². The maximum absolute atomic E-state index is 11.9. The topological polar surface area (TPSA) is 69.0 Å². The van der Waals surface area contributed by atoms with Gasteiger partial charge >= 0.3 is 0 Å². The van der Waals surface area contributed by atoms with E-state index in [2.05, 4.69) is 15.4 Å². The van der Waals surface area contributed by atoms with Crippen LogP contribution in [0, 0.1) is 0 Å². The Hall–Kier alpha value is -2.86. The molecule has 1 aromatic carbocycles. The monoisotopic (exact) mass is 342 g/mol. The number of rotatable bonds is 6. The Kier molecular flexibility index (Phi) is 5.08. The molecule has 3 aromatic rings. The van der Waals surface area contributed by atoms with Crippen LogP contribution in [0.5, 0.6) is 5.75 Å². The molecule has 0 radical (unpaired) electrons. The molecule has 6 nitrogen and oxygen atoms in total. The van der Waals surface area contributed by atoms with Gasteiger partial charge in [0.25, 0.3) is 5.91 Å². The molecule has 0 aliphatic carbocycles. The summed E-state index contributed by atoms with van der Waals surface area (Å²) in [5.74, 6) is 0.783. The fourth-order valence-electron chi connectivity index (χ4n) is 2.05. The third-order valence-electron chi connectivity index (χ3n) is 3.19. The van der Waals surface area contributed by atoms with E-state index in [1.54, 1.807) is 53.6 Å². The molecule has 24 heavy (non-hydrogen) atoms. The zero-order chi connectivity index (χ0) is 16.8. The van der Waals surface area contributed by atoms with Gasteiger partial charge in [0.05, 0.1) is 6.54 Å². The first kappa shape index (κ1) is 16.0. The van der Waals surface area contributed by atoms with Crippen molar-refractivity contribution in [3.05, 3.63) is 71.6 Å². The van der Waals surface area contributed by atoms with Gasteiger partial charge in [-0.3, -0.25) is 14.5 Å². The zero-order valence-electron chi connectivity index (χ0n) is 12.7. The van der Waals surface area contributed by atoms with E-state index in [1.165, 1.54) is 0 Å². The van der Waals surface area contributed by atoms with Crippen LogP contribution in [0.3, 0.4) is 0 Å². The molecule has 1 amide bonds. The van der Waals surface area contributed by atoms with E-state index in [0.29, 0.717) is 23.1 Å². The lowest BCUT2D eigenvalue weighted by Gasteiger charge is -2.06. The number of aromatic nitrogens is 3. The lowest BCUT2D eigenvalue weighted by Crippen LogP contribution is -2.20. The van der Waals surface area contributed by atoms with Crippen LogP contribution >= 0.6 is 11.6 Å². The Labute approximate surface area is 144 Å². The van der Waals surface area contributed by atoms with Crippen LogP contribution in [0.15, 0.2) is 61.1 Å². The molecule has 0 aliphatic heterocycles. The van der Waals surface area contributed by atoms with Gasteiger partial charge in [0, 0.05) is 29.7 Å². The second-order valence-electron chi connectivity index (χ2n) is 5.04. The number of nitrogens with zero attached hydrogens (tertiary/aromatic N) is 3. The van der Waals surface area contributed by atoms with Crippen molar-refractivity contribution in [1.82, 2.24) is 14.8 Å². The van der Waals surface area contributed by atoms with Crippen molar-refractivity contribution in [2.24, 2.45) is 0 Å². The molecule has 0 spiro atoms. The number of amides is 1. The second kappa shape index (κ2) is 7.61. The predicted molar refractivity (Wildman–Crippen MR) is 91.1 cm³/mol. The lowest BCUT2D eigenvalue weighted by molar-refractivity contribution is -0.118. The van der Waals surface area contributed by atoms with Gasteiger partial charge in [-0.1, -0.05) is 11.6 Å². The van der Waals surface area contributed by atoms with Crippen LogP contribution in [-0.2, 0) is 11.3 Å². The van der Waals surface area contributed by atoms with Gasteiger partial charge in [0.1, 0.15) is 5.75 Å². The van der Waals surface area contributed by atoms with E-state index in [1.807, 2.05) is 12.1 Å². The van der Waals surface area contributed by atoms with Crippen LogP contribution in [0.2, 0.25) is 5.02 Å². The quantitative estimate of drug-likeness (QED) is 0.747. The molecule has 1 N–H and O–H groups in total. The van der Waals surface area contributed by atoms with Crippen LogP contribution in [0.25, 0.3) is 0 Å². The standard InChI is InChI=1S/C17H15ClN4O2/c18-14-1-3-15(4-2-14)24-12-17(23)20-16-7-10-22(21-16)11-13-5-8-19-9-6-13/h1-10H,11-12H2,(H,20,21,23). The normalized spacial score (nSPS) is 10.4. The van der Waals surface area contributed by atoms with Crippen LogP contribution in [0.1, 0.15) is 5.56 Å². The molecule has 122 valence electrons. The summed E-state index contributed by atoms with van der Waals surface area (Å²) in [5.41, 5.74) is 1.08. The van der Waals surface area contributed by atoms with Crippen molar-refractivity contribution in [3.63, 3.8) is 0 Å². The van der Waals surface area contributed by atoms with E-state index in [0.717, 1.165) is 5.56 Å². The summed E-state index contributed by atoms with van der Waals surface area (Å²) in [5, 5.41) is 7.62. The van der Waals surface area contributed by atoms with Crippen LogP contribution in [-0.4, -0.2) is 27.3 Å². The summed E-state index contributed by atoms with van der Waals surface area (Å²) in [7, 11) is 0. The number of hydrogen-bond acceptors (Lipinski definition) is 4. The fourth-order valence-corrected chi connectivity index (χ4v) is 2.18. The van der Waals surface area contributed by atoms with Gasteiger partial charge in [0.15, 0.2) is 12.4 Å². The molecule has 0 fully saturated rings. The molecular weight excluding hydrogens is 328 g/mol. The molecule has 0 bridgehead atoms. The number of halogens is 1. The Morgan fingerprint density at radius 1 is 1.12 bits per heavy atom. The minimum atomic E-state index is -0.279. The fraction of sp³-hybridized carbons (Fsp3) is 0.118. The first-order valence-corrected chi connectivity index (χ1v) is 7.67. The maximum atomic E-state index is 11.9. The Morgan fingerprint density at radius 2 is 1.88 bits per heavy atom. The largest absolute Gasteiger partial charge is 0.484 e. The van der Waals surface area contributed by atoms with Gasteiger partial charge in [-0.2, -0.15) is 5.10 Å². The summed E-state index contributed by atoms with van der Waals surface area (Å²) in [6.45, 7) is 0.512. The first-order chi connectivity index (χ1) is 11.7. The molecule has 0 saturated carbocycles. The number of benzene rings is 1. The Bertz CT molecular complexity index is 803. The summed E-state index contributed by atoms with van der Waals surface area (Å²) in [6, 6.07) is 12.4. The number of hydrogen-bond donors (Lipinski definition) is 1. The van der Waals surface area contributed by atoms with Gasteiger partial charge in [-0.15, -0.1) is 0 Å². The van der Waals surface area contributed by atoms with Crippen molar-refractivity contribution < 1.29 is 9.53 Å². The van der Waals surface area contributed by atoms with Crippen LogP contribution in [0.4, 0.5) is 5.82 Å². The average Bonchev–Trinajstić information content (AvgIpc) is 3.02.